The minimum atomic E-state index is -2.89. The van der Waals surface area contributed by atoms with Crippen LogP contribution in [0.5, 0.6) is 0 Å². The highest BCUT2D eigenvalue weighted by molar-refractivity contribution is 7.91. The number of aliphatic hydroxyl groups excluding tert-OH is 1. The quantitative estimate of drug-likeness (QED) is 0.753. The molecule has 2 saturated heterocycles. The fourth-order valence-corrected chi connectivity index (χ4v) is 4.48. The fraction of sp³-hybridized carbons (Fsp3) is 0.909. The molecule has 1 amide bonds. The van der Waals surface area contributed by atoms with Crippen LogP contribution in [0.1, 0.15) is 19.3 Å². The number of rotatable bonds is 3. The number of likely N-dealkylation sites (tertiary alicyclic amines) is 1. The smallest absolute Gasteiger partial charge is 0.222 e. The molecule has 2 atom stereocenters. The molecule has 0 radical (unpaired) electrons. The normalized spacial score (nSPS) is 31.9. The summed E-state index contributed by atoms with van der Waals surface area (Å²) < 4.78 is 22.6. The average Bonchev–Trinajstić information content (AvgIpc) is 2.85. The van der Waals surface area contributed by atoms with Gasteiger partial charge < -0.3 is 10.0 Å². The van der Waals surface area contributed by atoms with Crippen molar-refractivity contribution in [1.82, 2.24) is 4.90 Å². The third-order valence-corrected chi connectivity index (χ3v) is 5.52. The van der Waals surface area contributed by atoms with Gasteiger partial charge in [-0.25, -0.2) is 8.42 Å². The number of carbonyl (C=O) groups is 1. The molecule has 2 heterocycles. The minimum Gasteiger partial charge on any atom is -0.396 e. The Bertz CT molecular complexity index is 392. The maximum absolute atomic E-state index is 11.9. The van der Waals surface area contributed by atoms with Gasteiger partial charge in [-0.1, -0.05) is 0 Å². The van der Waals surface area contributed by atoms with Crippen molar-refractivity contribution in [3.05, 3.63) is 0 Å². The molecule has 0 aromatic rings. The third-order valence-electron chi connectivity index (χ3n) is 3.69. The van der Waals surface area contributed by atoms with Gasteiger partial charge in [0.25, 0.3) is 0 Å². The van der Waals surface area contributed by atoms with Gasteiger partial charge in [0.05, 0.1) is 11.5 Å². The van der Waals surface area contributed by atoms with Crippen LogP contribution >= 0.6 is 0 Å². The zero-order valence-electron chi connectivity index (χ0n) is 9.84. The summed E-state index contributed by atoms with van der Waals surface area (Å²) in [4.78, 5) is 13.7. The van der Waals surface area contributed by atoms with E-state index in [1.54, 1.807) is 4.90 Å². The number of hydrogen-bond acceptors (Lipinski definition) is 4. The largest absolute Gasteiger partial charge is 0.396 e. The number of aliphatic hydroxyl groups is 1. The van der Waals surface area contributed by atoms with Crippen LogP contribution in [-0.2, 0) is 14.6 Å². The second-order valence-corrected chi connectivity index (χ2v) is 7.38. The van der Waals surface area contributed by atoms with Crippen molar-refractivity contribution in [3.63, 3.8) is 0 Å². The molecule has 0 aromatic heterocycles. The van der Waals surface area contributed by atoms with Crippen LogP contribution in [0.25, 0.3) is 0 Å². The van der Waals surface area contributed by atoms with E-state index in [0.717, 1.165) is 6.42 Å². The van der Waals surface area contributed by atoms with E-state index in [-0.39, 0.29) is 35.9 Å². The van der Waals surface area contributed by atoms with Crippen molar-refractivity contribution >= 4 is 15.7 Å². The van der Waals surface area contributed by atoms with Gasteiger partial charge >= 0.3 is 0 Å². The van der Waals surface area contributed by atoms with Crippen molar-refractivity contribution in [1.29, 1.82) is 0 Å². The topological polar surface area (TPSA) is 74.7 Å². The van der Waals surface area contributed by atoms with Crippen LogP contribution in [0.15, 0.2) is 0 Å². The van der Waals surface area contributed by atoms with Gasteiger partial charge in [0, 0.05) is 32.0 Å². The lowest BCUT2D eigenvalue weighted by Gasteiger charge is -2.18. The Hall–Kier alpha value is -0.620. The van der Waals surface area contributed by atoms with E-state index in [0.29, 0.717) is 25.9 Å². The Kier molecular flexibility index (Phi) is 3.73. The predicted molar refractivity (Wildman–Crippen MR) is 63.2 cm³/mol. The number of sulfone groups is 1. The molecule has 17 heavy (non-hydrogen) atoms. The van der Waals surface area contributed by atoms with Gasteiger partial charge in [-0.3, -0.25) is 4.79 Å². The van der Waals surface area contributed by atoms with Gasteiger partial charge in [0.2, 0.25) is 5.91 Å². The lowest BCUT2D eigenvalue weighted by atomic mass is 10.0. The van der Waals surface area contributed by atoms with Crippen molar-refractivity contribution in [3.8, 4) is 0 Å². The number of carbonyl (C=O) groups excluding carboxylic acids is 1. The van der Waals surface area contributed by atoms with Crippen LogP contribution < -0.4 is 0 Å². The highest BCUT2D eigenvalue weighted by atomic mass is 32.2. The van der Waals surface area contributed by atoms with Gasteiger partial charge in [-0.05, 0) is 18.8 Å². The van der Waals surface area contributed by atoms with Crippen LogP contribution in [0.4, 0.5) is 0 Å². The van der Waals surface area contributed by atoms with Crippen LogP contribution in [-0.4, -0.2) is 55.5 Å². The first-order valence-corrected chi connectivity index (χ1v) is 7.91. The van der Waals surface area contributed by atoms with Gasteiger partial charge in [0.15, 0.2) is 9.84 Å². The van der Waals surface area contributed by atoms with E-state index in [4.69, 9.17) is 5.11 Å². The lowest BCUT2D eigenvalue weighted by molar-refractivity contribution is -0.131. The molecule has 0 spiro atoms. The van der Waals surface area contributed by atoms with Gasteiger partial charge in [0.1, 0.15) is 0 Å². The van der Waals surface area contributed by atoms with E-state index in [2.05, 4.69) is 0 Å². The van der Waals surface area contributed by atoms with Gasteiger partial charge in [-0.15, -0.1) is 0 Å². The first kappa shape index (κ1) is 12.8. The molecular formula is C11H19NO4S. The zero-order chi connectivity index (χ0) is 12.5. The highest BCUT2D eigenvalue weighted by Crippen LogP contribution is 2.24. The molecule has 1 N–H and O–H groups in total. The molecule has 5 nitrogen and oxygen atoms in total. The first-order valence-electron chi connectivity index (χ1n) is 6.09. The standard InChI is InChI=1S/C11H19NO4S/c13-7-10-1-3-12(6-10)11(14)5-9-2-4-17(15,16)8-9/h9-10,13H,1-8H2. The Balaban J connectivity index is 1.82. The third kappa shape index (κ3) is 3.19. The summed E-state index contributed by atoms with van der Waals surface area (Å²) in [6.45, 7) is 1.44. The highest BCUT2D eigenvalue weighted by Gasteiger charge is 2.32. The summed E-state index contributed by atoms with van der Waals surface area (Å²) in [7, 11) is -2.89. The van der Waals surface area contributed by atoms with E-state index in [1.807, 2.05) is 0 Å². The Morgan fingerprint density at radius 1 is 1.29 bits per heavy atom. The monoisotopic (exact) mass is 261 g/mol. The first-order chi connectivity index (χ1) is 8.00. The van der Waals surface area contributed by atoms with Crippen molar-refractivity contribution in [2.45, 2.75) is 19.3 Å². The molecule has 98 valence electrons. The molecular weight excluding hydrogens is 242 g/mol. The molecule has 2 rings (SSSR count). The van der Waals surface area contributed by atoms with E-state index >= 15 is 0 Å². The maximum Gasteiger partial charge on any atom is 0.222 e. The van der Waals surface area contributed by atoms with Crippen LogP contribution in [0.3, 0.4) is 0 Å². The van der Waals surface area contributed by atoms with Crippen molar-refractivity contribution < 1.29 is 18.3 Å². The molecule has 2 aliphatic heterocycles. The molecule has 2 unspecified atom stereocenters. The van der Waals surface area contributed by atoms with Crippen molar-refractivity contribution in [2.75, 3.05) is 31.2 Å². The average molecular weight is 261 g/mol. The number of amides is 1. The number of nitrogens with zero attached hydrogens (tertiary/aromatic N) is 1. The Morgan fingerprint density at radius 2 is 2.06 bits per heavy atom. The molecule has 0 saturated carbocycles. The molecule has 2 fully saturated rings. The van der Waals surface area contributed by atoms with E-state index < -0.39 is 9.84 Å². The second kappa shape index (κ2) is 4.94. The summed E-state index contributed by atoms with van der Waals surface area (Å²) in [5.41, 5.74) is 0. The summed E-state index contributed by atoms with van der Waals surface area (Å²) in [6.07, 6.45) is 1.81. The Labute approximate surface area is 102 Å². The summed E-state index contributed by atoms with van der Waals surface area (Å²) in [6, 6.07) is 0. The van der Waals surface area contributed by atoms with E-state index in [9.17, 15) is 13.2 Å². The summed E-state index contributed by atoms with van der Waals surface area (Å²) >= 11 is 0. The molecule has 0 aromatic carbocycles. The minimum absolute atomic E-state index is 0.000626. The molecule has 0 aliphatic carbocycles. The Morgan fingerprint density at radius 3 is 2.59 bits per heavy atom. The zero-order valence-corrected chi connectivity index (χ0v) is 10.7. The van der Waals surface area contributed by atoms with Crippen LogP contribution in [0.2, 0.25) is 0 Å². The molecule has 6 heteroatoms. The fourth-order valence-electron chi connectivity index (χ4n) is 2.62. The van der Waals surface area contributed by atoms with Crippen LogP contribution in [0, 0.1) is 11.8 Å². The van der Waals surface area contributed by atoms with E-state index in [1.165, 1.54) is 0 Å². The molecule has 2 aliphatic rings. The SMILES string of the molecule is O=C(CC1CCS(=O)(=O)C1)N1CCC(CO)C1. The maximum atomic E-state index is 11.9. The number of hydrogen-bond donors (Lipinski definition) is 1. The predicted octanol–water partition coefficient (Wildman–Crippen LogP) is -0.348. The summed E-state index contributed by atoms with van der Waals surface area (Å²) in [5.74, 6) is 0.634. The summed E-state index contributed by atoms with van der Waals surface area (Å²) in [5, 5.41) is 9.00. The lowest BCUT2D eigenvalue weighted by Crippen LogP contribution is -2.30. The molecule has 0 bridgehead atoms. The van der Waals surface area contributed by atoms with Crippen molar-refractivity contribution in [2.24, 2.45) is 11.8 Å². The second-order valence-electron chi connectivity index (χ2n) is 5.15. The van der Waals surface area contributed by atoms with Gasteiger partial charge in [-0.2, -0.15) is 0 Å².